The molecule has 1 N–H and O–H groups in total. The molecule has 1 saturated heterocycles. The Balaban J connectivity index is 1.77. The smallest absolute Gasteiger partial charge is 0.0195 e. The third-order valence-electron chi connectivity index (χ3n) is 4.34. The summed E-state index contributed by atoms with van der Waals surface area (Å²) in [7, 11) is 0. The maximum absolute atomic E-state index is 3.61. The highest BCUT2D eigenvalue weighted by molar-refractivity contribution is 5.14. The van der Waals surface area contributed by atoms with E-state index in [0.29, 0.717) is 6.04 Å². The molecule has 1 fully saturated rings. The zero-order chi connectivity index (χ0) is 13.5. The van der Waals surface area contributed by atoms with E-state index in [0.717, 1.165) is 12.6 Å². The van der Waals surface area contributed by atoms with Crippen LogP contribution in [0.25, 0.3) is 0 Å². The normalized spacial score (nSPS) is 20.9. The Morgan fingerprint density at radius 1 is 1.32 bits per heavy atom. The molecule has 0 amide bonds. The zero-order valence-corrected chi connectivity index (χ0v) is 12.4. The quantitative estimate of drug-likeness (QED) is 0.810. The summed E-state index contributed by atoms with van der Waals surface area (Å²) in [6.45, 7) is 8.25. The van der Waals surface area contributed by atoms with Crippen LogP contribution in [0.1, 0.15) is 38.7 Å². The van der Waals surface area contributed by atoms with Crippen LogP contribution in [-0.4, -0.2) is 36.6 Å². The first kappa shape index (κ1) is 14.5. The molecule has 1 heterocycles. The second kappa shape index (κ2) is 7.66. The summed E-state index contributed by atoms with van der Waals surface area (Å²) < 4.78 is 0. The minimum atomic E-state index is 0.674. The fraction of sp³-hybridized carbons (Fsp3) is 0.647. The first-order valence-electron chi connectivity index (χ1n) is 7.81. The summed E-state index contributed by atoms with van der Waals surface area (Å²) in [5, 5.41) is 3.61. The molecule has 0 radical (unpaired) electrons. The van der Waals surface area contributed by atoms with Crippen LogP contribution >= 0.6 is 0 Å². The van der Waals surface area contributed by atoms with E-state index < -0.39 is 0 Å². The van der Waals surface area contributed by atoms with E-state index in [-0.39, 0.29) is 0 Å². The average molecular weight is 260 g/mol. The van der Waals surface area contributed by atoms with Gasteiger partial charge in [0.05, 0.1) is 0 Å². The van der Waals surface area contributed by atoms with Gasteiger partial charge in [-0.05, 0) is 51.3 Å². The van der Waals surface area contributed by atoms with E-state index in [4.69, 9.17) is 0 Å². The van der Waals surface area contributed by atoms with Gasteiger partial charge in [0.25, 0.3) is 0 Å². The molecule has 0 bridgehead atoms. The lowest BCUT2D eigenvalue weighted by Gasteiger charge is -2.30. The highest BCUT2D eigenvalue weighted by Gasteiger charge is 2.20. The molecular weight excluding hydrogens is 232 g/mol. The molecule has 2 rings (SSSR count). The van der Waals surface area contributed by atoms with Crippen molar-refractivity contribution in [1.29, 1.82) is 0 Å². The second-order valence-corrected chi connectivity index (χ2v) is 5.75. The molecule has 1 aliphatic rings. The van der Waals surface area contributed by atoms with Crippen LogP contribution in [0.3, 0.4) is 0 Å². The van der Waals surface area contributed by atoms with Crippen molar-refractivity contribution in [2.75, 3.05) is 19.6 Å². The van der Waals surface area contributed by atoms with Gasteiger partial charge in [-0.25, -0.2) is 0 Å². The molecule has 2 nitrogen and oxygen atoms in total. The summed E-state index contributed by atoms with van der Waals surface area (Å²) in [5.41, 5.74) is 1.46. The van der Waals surface area contributed by atoms with Gasteiger partial charge in [0.1, 0.15) is 0 Å². The lowest BCUT2D eigenvalue weighted by molar-refractivity contribution is 0.192. The molecule has 1 aromatic carbocycles. The largest absolute Gasteiger partial charge is 0.313 e. The van der Waals surface area contributed by atoms with E-state index >= 15 is 0 Å². The maximum Gasteiger partial charge on any atom is 0.0195 e. The SMILES string of the molecule is CCN(CC1CCCN1)C(C)CCc1ccccc1. The van der Waals surface area contributed by atoms with Crippen molar-refractivity contribution in [2.45, 2.75) is 51.6 Å². The van der Waals surface area contributed by atoms with Crippen molar-refractivity contribution in [3.05, 3.63) is 35.9 Å². The summed E-state index contributed by atoms with van der Waals surface area (Å²) in [4.78, 5) is 2.63. The van der Waals surface area contributed by atoms with Crippen molar-refractivity contribution < 1.29 is 0 Å². The minimum absolute atomic E-state index is 0.674. The Kier molecular flexibility index (Phi) is 5.87. The van der Waals surface area contributed by atoms with Gasteiger partial charge in [0.2, 0.25) is 0 Å². The fourth-order valence-electron chi connectivity index (χ4n) is 3.02. The molecule has 2 heteroatoms. The van der Waals surface area contributed by atoms with Gasteiger partial charge in [-0.3, -0.25) is 4.90 Å². The van der Waals surface area contributed by atoms with E-state index in [1.807, 2.05) is 0 Å². The van der Waals surface area contributed by atoms with E-state index in [9.17, 15) is 0 Å². The molecule has 1 aromatic rings. The Morgan fingerprint density at radius 2 is 2.11 bits per heavy atom. The first-order chi connectivity index (χ1) is 9.29. The number of hydrogen-bond acceptors (Lipinski definition) is 2. The monoisotopic (exact) mass is 260 g/mol. The van der Waals surface area contributed by atoms with Gasteiger partial charge in [-0.2, -0.15) is 0 Å². The van der Waals surface area contributed by atoms with Gasteiger partial charge in [0, 0.05) is 18.6 Å². The van der Waals surface area contributed by atoms with E-state index in [1.165, 1.54) is 44.3 Å². The van der Waals surface area contributed by atoms with Gasteiger partial charge in [-0.1, -0.05) is 37.3 Å². The topological polar surface area (TPSA) is 15.3 Å². The highest BCUT2D eigenvalue weighted by atomic mass is 15.2. The Labute approximate surface area is 118 Å². The van der Waals surface area contributed by atoms with Crippen LogP contribution in [-0.2, 0) is 6.42 Å². The van der Waals surface area contributed by atoms with Crippen LogP contribution in [0.4, 0.5) is 0 Å². The summed E-state index contributed by atoms with van der Waals surface area (Å²) in [5.74, 6) is 0. The molecule has 0 aliphatic carbocycles. The molecule has 2 unspecified atom stereocenters. The third-order valence-corrected chi connectivity index (χ3v) is 4.34. The standard InChI is InChI=1S/C17H28N2/c1-3-19(14-17-10-7-13-18-17)15(2)11-12-16-8-5-4-6-9-16/h4-6,8-9,15,17-18H,3,7,10-14H2,1-2H3. The summed E-state index contributed by atoms with van der Waals surface area (Å²) in [6, 6.07) is 12.2. The number of hydrogen-bond donors (Lipinski definition) is 1. The Bertz CT molecular complexity index is 344. The molecule has 0 aromatic heterocycles. The molecule has 0 saturated carbocycles. The van der Waals surface area contributed by atoms with Gasteiger partial charge < -0.3 is 5.32 Å². The number of benzene rings is 1. The van der Waals surface area contributed by atoms with Crippen molar-refractivity contribution in [2.24, 2.45) is 0 Å². The van der Waals surface area contributed by atoms with Crippen LogP contribution in [0.5, 0.6) is 0 Å². The van der Waals surface area contributed by atoms with Gasteiger partial charge >= 0.3 is 0 Å². The lowest BCUT2D eigenvalue weighted by Crippen LogP contribution is -2.42. The number of nitrogens with zero attached hydrogens (tertiary/aromatic N) is 1. The molecule has 1 aliphatic heterocycles. The average Bonchev–Trinajstić information content (AvgIpc) is 2.96. The second-order valence-electron chi connectivity index (χ2n) is 5.75. The van der Waals surface area contributed by atoms with Crippen LogP contribution in [0.15, 0.2) is 30.3 Å². The summed E-state index contributed by atoms with van der Waals surface area (Å²) >= 11 is 0. The van der Waals surface area contributed by atoms with Gasteiger partial charge in [0.15, 0.2) is 0 Å². The number of aryl methyl sites for hydroxylation is 1. The molecule has 106 valence electrons. The zero-order valence-electron chi connectivity index (χ0n) is 12.4. The minimum Gasteiger partial charge on any atom is -0.313 e. The first-order valence-corrected chi connectivity index (χ1v) is 7.81. The van der Waals surface area contributed by atoms with Crippen molar-refractivity contribution >= 4 is 0 Å². The highest BCUT2D eigenvalue weighted by Crippen LogP contribution is 2.13. The summed E-state index contributed by atoms with van der Waals surface area (Å²) in [6.07, 6.45) is 5.14. The Morgan fingerprint density at radius 3 is 2.74 bits per heavy atom. The third kappa shape index (κ3) is 4.63. The van der Waals surface area contributed by atoms with Crippen molar-refractivity contribution in [3.63, 3.8) is 0 Å². The van der Waals surface area contributed by atoms with Crippen LogP contribution in [0.2, 0.25) is 0 Å². The maximum atomic E-state index is 3.61. The Hall–Kier alpha value is -0.860. The van der Waals surface area contributed by atoms with Crippen molar-refractivity contribution in [1.82, 2.24) is 10.2 Å². The van der Waals surface area contributed by atoms with Crippen LogP contribution < -0.4 is 5.32 Å². The lowest BCUT2D eigenvalue weighted by atomic mass is 10.0. The van der Waals surface area contributed by atoms with E-state index in [2.05, 4.69) is 54.4 Å². The number of rotatable bonds is 7. The molecule has 19 heavy (non-hydrogen) atoms. The van der Waals surface area contributed by atoms with Gasteiger partial charge in [-0.15, -0.1) is 0 Å². The van der Waals surface area contributed by atoms with Crippen molar-refractivity contribution in [3.8, 4) is 0 Å². The number of likely N-dealkylation sites (N-methyl/N-ethyl adjacent to an activating group) is 1. The fourth-order valence-corrected chi connectivity index (χ4v) is 3.02. The molecular formula is C17H28N2. The predicted molar refractivity (Wildman–Crippen MR) is 82.5 cm³/mol. The van der Waals surface area contributed by atoms with E-state index in [1.54, 1.807) is 0 Å². The van der Waals surface area contributed by atoms with Crippen LogP contribution in [0, 0.1) is 0 Å². The molecule has 0 spiro atoms. The number of nitrogens with one attached hydrogen (secondary N) is 1. The predicted octanol–water partition coefficient (Wildman–Crippen LogP) is 3.08. The molecule has 2 atom stereocenters.